The lowest BCUT2D eigenvalue weighted by atomic mass is 10.1. The molecule has 3 aromatic carbocycles. The summed E-state index contributed by atoms with van der Waals surface area (Å²) in [7, 11) is -4.35. The van der Waals surface area contributed by atoms with Crippen LogP contribution in [0.2, 0.25) is 0 Å². The number of hydrogen-bond donors (Lipinski definition) is 0. The van der Waals surface area contributed by atoms with Crippen molar-refractivity contribution in [2.24, 2.45) is 0 Å². The Morgan fingerprint density at radius 3 is 2.37 bits per heavy atom. The van der Waals surface area contributed by atoms with Gasteiger partial charge in [0.2, 0.25) is 0 Å². The van der Waals surface area contributed by atoms with Gasteiger partial charge in [-0.15, -0.1) is 0 Å². The molecule has 0 N–H and O–H groups in total. The third kappa shape index (κ3) is 6.01. The lowest BCUT2D eigenvalue weighted by Gasteiger charge is -2.11. The number of benzene rings is 3. The van der Waals surface area contributed by atoms with Crippen LogP contribution in [-0.2, 0) is 14.9 Å². The smallest absolute Gasteiger partial charge is 0.339 e. The van der Waals surface area contributed by atoms with E-state index in [4.69, 9.17) is 4.18 Å². The molecule has 0 atom stereocenters. The zero-order valence-corrected chi connectivity index (χ0v) is 22.7. The molecule has 1 aliphatic heterocycles. The van der Waals surface area contributed by atoms with Gasteiger partial charge in [0.15, 0.2) is 5.78 Å². The van der Waals surface area contributed by atoms with Gasteiger partial charge in [0.25, 0.3) is 16.8 Å². The molecule has 0 unspecified atom stereocenters. The lowest BCUT2D eigenvalue weighted by Crippen LogP contribution is -2.33. The Labute approximate surface area is 229 Å². The zero-order valence-electron chi connectivity index (χ0n) is 19.5. The minimum Gasteiger partial charge on any atom is -0.379 e. The van der Waals surface area contributed by atoms with Crippen molar-refractivity contribution in [3.8, 4) is 5.75 Å². The maximum absolute atomic E-state index is 12.8. The van der Waals surface area contributed by atoms with E-state index in [1.54, 1.807) is 24.3 Å². The molecule has 38 heavy (non-hydrogen) atoms. The van der Waals surface area contributed by atoms with Crippen LogP contribution >= 0.6 is 27.7 Å². The van der Waals surface area contributed by atoms with Crippen molar-refractivity contribution in [3.63, 3.8) is 0 Å². The second kappa shape index (κ2) is 10.9. The Hall–Kier alpha value is -3.81. The van der Waals surface area contributed by atoms with Crippen molar-refractivity contribution in [2.45, 2.75) is 11.8 Å². The highest BCUT2D eigenvalue weighted by molar-refractivity contribution is 9.10. The first-order chi connectivity index (χ1) is 17.9. The fraction of sp³-hybridized carbons (Fsp3) is 0.0800. The van der Waals surface area contributed by atoms with Crippen molar-refractivity contribution < 1.29 is 31.9 Å². The summed E-state index contributed by atoms with van der Waals surface area (Å²) in [6.07, 6.45) is 1.44. The molecule has 2 amide bonds. The fourth-order valence-corrected chi connectivity index (χ4v) is 5.45. The van der Waals surface area contributed by atoms with E-state index in [0.29, 0.717) is 28.5 Å². The first-order valence-electron chi connectivity index (χ1n) is 10.8. The summed E-state index contributed by atoms with van der Waals surface area (Å²) in [5, 5.41) is 10.5. The molecule has 1 saturated heterocycles. The van der Waals surface area contributed by atoms with Crippen LogP contribution in [0, 0.1) is 17.0 Å². The van der Waals surface area contributed by atoms with E-state index in [0.717, 1.165) is 15.4 Å². The average Bonchev–Trinajstić information content (AvgIpc) is 3.12. The SMILES string of the molecule is Cc1ccc(S(=O)(=O)Oc2ccc(/C=C3\SC(=O)N(CC(=O)c4ccc(Br)cc4)C3=O)cc2)cc1[N+](=O)[O-]. The summed E-state index contributed by atoms with van der Waals surface area (Å²) < 4.78 is 31.1. The molecule has 3 aromatic rings. The predicted molar refractivity (Wildman–Crippen MR) is 143 cm³/mol. The van der Waals surface area contributed by atoms with E-state index in [2.05, 4.69) is 15.9 Å². The lowest BCUT2D eigenvalue weighted by molar-refractivity contribution is -0.385. The maximum Gasteiger partial charge on any atom is 0.339 e. The average molecular weight is 617 g/mol. The third-order valence-electron chi connectivity index (χ3n) is 5.39. The molecule has 194 valence electrons. The Balaban J connectivity index is 1.46. The van der Waals surface area contributed by atoms with Gasteiger partial charge in [0.05, 0.1) is 16.4 Å². The summed E-state index contributed by atoms with van der Waals surface area (Å²) >= 11 is 3.97. The van der Waals surface area contributed by atoms with E-state index in [9.17, 15) is 32.9 Å². The van der Waals surface area contributed by atoms with E-state index in [1.165, 1.54) is 49.4 Å². The highest BCUT2D eigenvalue weighted by Crippen LogP contribution is 2.33. The molecule has 0 aromatic heterocycles. The number of ketones is 1. The number of nitro groups is 1. The van der Waals surface area contributed by atoms with Gasteiger partial charge < -0.3 is 4.18 Å². The minimum atomic E-state index is -4.35. The summed E-state index contributed by atoms with van der Waals surface area (Å²) in [6, 6.07) is 15.6. The number of imide groups is 1. The van der Waals surface area contributed by atoms with Crippen LogP contribution in [0.4, 0.5) is 10.5 Å². The molecule has 1 fully saturated rings. The van der Waals surface area contributed by atoms with Gasteiger partial charge >= 0.3 is 10.1 Å². The van der Waals surface area contributed by atoms with Crippen LogP contribution in [0.5, 0.6) is 5.75 Å². The van der Waals surface area contributed by atoms with Crippen LogP contribution in [0.25, 0.3) is 6.08 Å². The van der Waals surface area contributed by atoms with Gasteiger partial charge in [0, 0.05) is 21.7 Å². The number of nitrogens with zero attached hydrogens (tertiary/aromatic N) is 2. The van der Waals surface area contributed by atoms with Gasteiger partial charge in [-0.3, -0.25) is 29.4 Å². The van der Waals surface area contributed by atoms with Gasteiger partial charge in [-0.25, -0.2) is 0 Å². The van der Waals surface area contributed by atoms with Crippen LogP contribution in [0.3, 0.4) is 0 Å². The number of thioether (sulfide) groups is 1. The number of hydrogen-bond acceptors (Lipinski definition) is 9. The highest BCUT2D eigenvalue weighted by atomic mass is 79.9. The highest BCUT2D eigenvalue weighted by Gasteiger charge is 2.36. The standard InChI is InChI=1S/C25H17BrN2O8S2/c1-15-2-11-20(13-21(15)28(32)33)38(34,35)36-19-9-3-16(4-10-19)12-23-24(30)27(25(31)37-23)14-22(29)17-5-7-18(26)8-6-17/h2-13H,14H2,1H3/b23-12-. The molecule has 0 bridgehead atoms. The molecule has 0 spiro atoms. The van der Waals surface area contributed by atoms with Crippen molar-refractivity contribution in [1.82, 2.24) is 4.90 Å². The molecule has 1 aliphatic rings. The third-order valence-corrected chi connectivity index (χ3v) is 8.07. The topological polar surface area (TPSA) is 141 Å². The summed E-state index contributed by atoms with van der Waals surface area (Å²) in [6.45, 7) is 1.09. The van der Waals surface area contributed by atoms with Crippen LogP contribution in [0.15, 0.2) is 81.0 Å². The van der Waals surface area contributed by atoms with Crippen LogP contribution in [0.1, 0.15) is 21.5 Å². The van der Waals surface area contributed by atoms with E-state index in [1.807, 2.05) is 0 Å². The Morgan fingerprint density at radius 1 is 1.08 bits per heavy atom. The number of nitro benzene ring substituents is 1. The Morgan fingerprint density at radius 2 is 1.74 bits per heavy atom. The molecule has 0 saturated carbocycles. The number of aryl methyl sites for hydroxylation is 1. The number of rotatable bonds is 8. The quantitative estimate of drug-likeness (QED) is 0.108. The van der Waals surface area contributed by atoms with E-state index < -0.39 is 32.7 Å². The molecule has 0 aliphatic carbocycles. The first kappa shape index (κ1) is 27.2. The minimum absolute atomic E-state index is 0.0569. The Kier molecular flexibility index (Phi) is 7.81. The van der Waals surface area contributed by atoms with Crippen molar-refractivity contribution in [3.05, 3.63) is 103 Å². The van der Waals surface area contributed by atoms with Crippen molar-refractivity contribution in [1.29, 1.82) is 0 Å². The van der Waals surface area contributed by atoms with Gasteiger partial charge in [-0.2, -0.15) is 8.42 Å². The maximum atomic E-state index is 12.8. The zero-order chi connectivity index (χ0) is 27.6. The number of Topliss-reactive ketones (excluding diaryl/α,β-unsaturated/α-hetero) is 1. The number of carbonyl (C=O) groups excluding carboxylic acids is 3. The molecule has 1 heterocycles. The van der Waals surface area contributed by atoms with Crippen LogP contribution in [-0.4, -0.2) is 41.7 Å². The molecule has 10 nitrogen and oxygen atoms in total. The number of amides is 2. The first-order valence-corrected chi connectivity index (χ1v) is 13.8. The van der Waals surface area contributed by atoms with Crippen molar-refractivity contribution in [2.75, 3.05) is 6.54 Å². The van der Waals surface area contributed by atoms with Crippen LogP contribution < -0.4 is 4.18 Å². The monoisotopic (exact) mass is 616 g/mol. The number of carbonyl (C=O) groups is 3. The van der Waals surface area contributed by atoms with Gasteiger partial charge in [0.1, 0.15) is 10.6 Å². The largest absolute Gasteiger partial charge is 0.379 e. The molecule has 0 radical (unpaired) electrons. The summed E-state index contributed by atoms with van der Waals surface area (Å²) in [5.41, 5.74) is 0.797. The second-order valence-electron chi connectivity index (χ2n) is 8.01. The Bertz CT molecular complexity index is 1600. The second-order valence-corrected chi connectivity index (χ2v) is 11.5. The molecular weight excluding hydrogens is 600 g/mol. The summed E-state index contributed by atoms with van der Waals surface area (Å²) in [4.78, 5) is 48.7. The fourth-order valence-electron chi connectivity index (χ4n) is 3.39. The molecular formula is C25H17BrN2O8S2. The van der Waals surface area contributed by atoms with Crippen molar-refractivity contribution >= 4 is 66.5 Å². The molecule has 4 rings (SSSR count). The number of halogens is 1. The van der Waals surface area contributed by atoms with Gasteiger partial charge in [-0.05, 0) is 60.7 Å². The van der Waals surface area contributed by atoms with Gasteiger partial charge in [-0.1, -0.05) is 46.3 Å². The normalized spacial score (nSPS) is 14.7. The predicted octanol–water partition coefficient (Wildman–Crippen LogP) is 5.35. The summed E-state index contributed by atoms with van der Waals surface area (Å²) in [5.74, 6) is -1.06. The van der Waals surface area contributed by atoms with E-state index >= 15 is 0 Å². The molecule has 13 heteroatoms. The van der Waals surface area contributed by atoms with E-state index in [-0.39, 0.29) is 27.0 Å².